The van der Waals surface area contributed by atoms with Crippen molar-refractivity contribution in [1.82, 2.24) is 0 Å². The zero-order valence-electron chi connectivity index (χ0n) is 9.51. The van der Waals surface area contributed by atoms with Gasteiger partial charge >= 0.3 is 5.97 Å². The second-order valence-electron chi connectivity index (χ2n) is 5.00. The Bertz CT molecular complexity index is 539. The first-order chi connectivity index (χ1) is 8.58. The number of benzene rings is 1. The number of carboxylic acids is 1. The zero-order chi connectivity index (χ0) is 12.9. The molecule has 1 N–H and O–H groups in total. The van der Waals surface area contributed by atoms with Gasteiger partial charge in [0.2, 0.25) is 0 Å². The molecule has 18 heavy (non-hydrogen) atoms. The molecule has 0 aliphatic heterocycles. The molecule has 2 aliphatic carbocycles. The third-order valence-electron chi connectivity index (χ3n) is 4.07. The molecule has 0 spiro atoms. The molecule has 1 fully saturated rings. The van der Waals surface area contributed by atoms with Gasteiger partial charge in [-0.3, -0.25) is 4.79 Å². The molecule has 1 aromatic carbocycles. The molecular formula is C14H12F2O2. The number of carbonyl (C=O) groups is 1. The van der Waals surface area contributed by atoms with Gasteiger partial charge in [0, 0.05) is 12.0 Å². The lowest BCUT2D eigenvalue weighted by molar-refractivity contribution is -0.143. The molecule has 4 unspecified atom stereocenters. The number of rotatable bonds is 2. The standard InChI is InChI=1S/C14H12F2O2/c15-9-3-4-10(11(16)6-9)12-7-1-2-8(5-7)13(12)14(17)18/h1-4,6-8,12-13H,5H2,(H,17,18). The van der Waals surface area contributed by atoms with Crippen LogP contribution in [0.5, 0.6) is 0 Å². The summed E-state index contributed by atoms with van der Waals surface area (Å²) in [4.78, 5) is 11.3. The molecular weight excluding hydrogens is 238 g/mol. The first kappa shape index (κ1) is 11.4. The Morgan fingerprint density at radius 2 is 1.94 bits per heavy atom. The fourth-order valence-corrected chi connectivity index (χ4v) is 3.35. The Labute approximate surface area is 103 Å². The van der Waals surface area contributed by atoms with Crippen molar-refractivity contribution in [1.29, 1.82) is 0 Å². The Kier molecular flexibility index (Phi) is 2.47. The number of hydrogen-bond donors (Lipinski definition) is 1. The molecule has 0 heterocycles. The molecule has 0 amide bonds. The Morgan fingerprint density at radius 3 is 2.61 bits per heavy atom. The van der Waals surface area contributed by atoms with Crippen molar-refractivity contribution in [2.45, 2.75) is 12.3 Å². The van der Waals surface area contributed by atoms with E-state index in [0.717, 1.165) is 12.5 Å². The van der Waals surface area contributed by atoms with Gasteiger partial charge in [0.25, 0.3) is 0 Å². The van der Waals surface area contributed by atoms with Gasteiger partial charge in [0.1, 0.15) is 11.6 Å². The topological polar surface area (TPSA) is 37.3 Å². The number of fused-ring (bicyclic) bond motifs is 2. The first-order valence-corrected chi connectivity index (χ1v) is 5.94. The number of allylic oxidation sites excluding steroid dienone is 2. The SMILES string of the molecule is O=C(O)C1C2C=CC(C2)C1c1ccc(F)cc1F. The van der Waals surface area contributed by atoms with Gasteiger partial charge in [0.15, 0.2) is 0 Å². The summed E-state index contributed by atoms with van der Waals surface area (Å²) >= 11 is 0. The van der Waals surface area contributed by atoms with Crippen molar-refractivity contribution >= 4 is 5.97 Å². The summed E-state index contributed by atoms with van der Waals surface area (Å²) in [6.07, 6.45) is 4.61. The van der Waals surface area contributed by atoms with Crippen LogP contribution in [-0.4, -0.2) is 11.1 Å². The maximum Gasteiger partial charge on any atom is 0.307 e. The van der Waals surface area contributed by atoms with Crippen molar-refractivity contribution in [3.63, 3.8) is 0 Å². The fraction of sp³-hybridized carbons (Fsp3) is 0.357. The van der Waals surface area contributed by atoms with Crippen LogP contribution in [-0.2, 0) is 4.79 Å². The molecule has 94 valence electrons. The van der Waals surface area contributed by atoms with E-state index in [9.17, 15) is 18.7 Å². The average Bonchev–Trinajstić information content (AvgIpc) is 2.88. The summed E-state index contributed by atoms with van der Waals surface area (Å²) in [6, 6.07) is 3.39. The molecule has 3 rings (SSSR count). The molecule has 2 bridgehead atoms. The van der Waals surface area contributed by atoms with E-state index in [1.165, 1.54) is 12.1 Å². The van der Waals surface area contributed by atoms with Crippen LogP contribution >= 0.6 is 0 Å². The predicted molar refractivity (Wildman–Crippen MR) is 61.0 cm³/mol. The fourth-order valence-electron chi connectivity index (χ4n) is 3.35. The van der Waals surface area contributed by atoms with Crippen molar-refractivity contribution < 1.29 is 18.7 Å². The number of hydrogen-bond acceptors (Lipinski definition) is 1. The highest BCUT2D eigenvalue weighted by Crippen LogP contribution is 2.53. The van der Waals surface area contributed by atoms with Crippen molar-refractivity contribution in [2.24, 2.45) is 17.8 Å². The van der Waals surface area contributed by atoms with E-state index in [1.807, 2.05) is 12.2 Å². The smallest absolute Gasteiger partial charge is 0.307 e. The van der Waals surface area contributed by atoms with Crippen LogP contribution < -0.4 is 0 Å². The quantitative estimate of drug-likeness (QED) is 0.819. The van der Waals surface area contributed by atoms with Crippen molar-refractivity contribution in [2.75, 3.05) is 0 Å². The zero-order valence-corrected chi connectivity index (χ0v) is 9.51. The summed E-state index contributed by atoms with van der Waals surface area (Å²) in [5.41, 5.74) is 0.320. The molecule has 2 aliphatic rings. The van der Waals surface area contributed by atoms with Crippen molar-refractivity contribution in [3.05, 3.63) is 47.5 Å². The minimum absolute atomic E-state index is 0.0260. The van der Waals surface area contributed by atoms with E-state index in [4.69, 9.17) is 0 Å². The van der Waals surface area contributed by atoms with E-state index < -0.39 is 23.5 Å². The number of carboxylic acid groups (broad SMARTS) is 1. The molecule has 0 saturated heterocycles. The number of halogens is 2. The number of aliphatic carboxylic acids is 1. The summed E-state index contributed by atoms with van der Waals surface area (Å²) in [5.74, 6) is -3.13. The lowest BCUT2D eigenvalue weighted by atomic mass is 9.78. The molecule has 4 atom stereocenters. The van der Waals surface area contributed by atoms with Crippen LogP contribution in [0.4, 0.5) is 8.78 Å². The van der Waals surface area contributed by atoms with Crippen LogP contribution in [0, 0.1) is 29.4 Å². The highest BCUT2D eigenvalue weighted by atomic mass is 19.1. The maximum absolute atomic E-state index is 13.8. The summed E-state index contributed by atoms with van der Waals surface area (Å²) in [7, 11) is 0. The predicted octanol–water partition coefficient (Wildman–Crippen LogP) is 2.96. The molecule has 1 aromatic rings. The summed E-state index contributed by atoms with van der Waals surface area (Å²) in [6.45, 7) is 0. The minimum Gasteiger partial charge on any atom is -0.481 e. The average molecular weight is 250 g/mol. The summed E-state index contributed by atoms with van der Waals surface area (Å²) < 4.78 is 26.7. The highest BCUT2D eigenvalue weighted by molar-refractivity contribution is 5.73. The third kappa shape index (κ3) is 1.55. The van der Waals surface area contributed by atoms with E-state index in [1.54, 1.807) is 0 Å². The van der Waals surface area contributed by atoms with E-state index in [0.29, 0.717) is 5.56 Å². The second kappa shape index (κ2) is 3.90. The van der Waals surface area contributed by atoms with Gasteiger partial charge in [-0.2, -0.15) is 0 Å². The Balaban J connectivity index is 2.05. The van der Waals surface area contributed by atoms with Crippen LogP contribution in [0.2, 0.25) is 0 Å². The summed E-state index contributed by atoms with van der Waals surface area (Å²) in [5, 5.41) is 9.28. The minimum atomic E-state index is -0.902. The molecule has 0 aromatic heterocycles. The van der Waals surface area contributed by atoms with Crippen LogP contribution in [0.3, 0.4) is 0 Å². The maximum atomic E-state index is 13.8. The van der Waals surface area contributed by atoms with Gasteiger partial charge in [-0.25, -0.2) is 8.78 Å². The lowest BCUT2D eigenvalue weighted by Crippen LogP contribution is -2.26. The van der Waals surface area contributed by atoms with E-state index in [2.05, 4.69) is 0 Å². The van der Waals surface area contributed by atoms with Crippen LogP contribution in [0.15, 0.2) is 30.4 Å². The highest BCUT2D eigenvalue weighted by Gasteiger charge is 2.49. The Morgan fingerprint density at radius 1 is 1.22 bits per heavy atom. The van der Waals surface area contributed by atoms with Crippen LogP contribution in [0.25, 0.3) is 0 Å². The molecule has 0 radical (unpaired) electrons. The van der Waals surface area contributed by atoms with Crippen LogP contribution in [0.1, 0.15) is 17.9 Å². The van der Waals surface area contributed by atoms with Crippen molar-refractivity contribution in [3.8, 4) is 0 Å². The van der Waals surface area contributed by atoms with Gasteiger partial charge in [-0.1, -0.05) is 18.2 Å². The first-order valence-electron chi connectivity index (χ1n) is 5.94. The van der Waals surface area contributed by atoms with E-state index >= 15 is 0 Å². The van der Waals surface area contributed by atoms with E-state index in [-0.39, 0.29) is 17.8 Å². The van der Waals surface area contributed by atoms with Gasteiger partial charge < -0.3 is 5.11 Å². The normalized spacial score (nSPS) is 33.0. The lowest BCUT2D eigenvalue weighted by Gasteiger charge is -2.25. The Hall–Kier alpha value is -1.71. The third-order valence-corrected chi connectivity index (χ3v) is 4.07. The largest absolute Gasteiger partial charge is 0.481 e. The van der Waals surface area contributed by atoms with Gasteiger partial charge in [-0.05, 0) is 29.9 Å². The second-order valence-corrected chi connectivity index (χ2v) is 5.00. The molecule has 1 saturated carbocycles. The monoisotopic (exact) mass is 250 g/mol. The van der Waals surface area contributed by atoms with Gasteiger partial charge in [-0.15, -0.1) is 0 Å². The van der Waals surface area contributed by atoms with Gasteiger partial charge in [0.05, 0.1) is 5.92 Å². The molecule has 4 heteroatoms. The molecule has 2 nitrogen and oxygen atoms in total.